The first kappa shape index (κ1) is 12.5. The minimum Gasteiger partial charge on any atom is -0.497 e. The number of benzene rings is 1. The summed E-state index contributed by atoms with van der Waals surface area (Å²) >= 11 is 0. The zero-order valence-electron chi connectivity index (χ0n) is 9.40. The number of methoxy groups -OCH3 is 1. The summed E-state index contributed by atoms with van der Waals surface area (Å²) < 4.78 is 5.03. The van der Waals surface area contributed by atoms with E-state index in [9.17, 15) is 4.79 Å². The monoisotopic (exact) mass is 223 g/mol. The number of carbonyl (C=O) groups excluding carboxylic acids is 1. The fourth-order valence-corrected chi connectivity index (χ4v) is 1.31. The molecule has 0 bridgehead atoms. The second-order valence-electron chi connectivity index (χ2n) is 3.42. The van der Waals surface area contributed by atoms with Crippen LogP contribution in [-0.4, -0.2) is 31.3 Å². The maximum atomic E-state index is 11.6. The zero-order valence-corrected chi connectivity index (χ0v) is 9.40. The van der Waals surface area contributed by atoms with E-state index in [1.54, 1.807) is 31.4 Å². The average Bonchev–Trinajstić information content (AvgIpc) is 2.34. The largest absolute Gasteiger partial charge is 0.497 e. The van der Waals surface area contributed by atoms with Gasteiger partial charge in [-0.25, -0.2) is 0 Å². The highest BCUT2D eigenvalue weighted by Gasteiger charge is 2.05. The maximum Gasteiger partial charge on any atom is 0.251 e. The number of carbonyl (C=O) groups is 1. The maximum absolute atomic E-state index is 11.6. The van der Waals surface area contributed by atoms with Crippen LogP contribution in [0.5, 0.6) is 5.75 Å². The third kappa shape index (κ3) is 3.90. The Morgan fingerprint density at radius 2 is 2.25 bits per heavy atom. The van der Waals surface area contributed by atoms with E-state index in [0.29, 0.717) is 24.3 Å². The summed E-state index contributed by atoms with van der Waals surface area (Å²) in [4.78, 5) is 11.6. The number of hydrogen-bond donors (Lipinski definition) is 2. The molecule has 16 heavy (non-hydrogen) atoms. The summed E-state index contributed by atoms with van der Waals surface area (Å²) in [5.41, 5.74) is 0.586. The molecule has 0 aliphatic rings. The van der Waals surface area contributed by atoms with Crippen LogP contribution >= 0.6 is 0 Å². The van der Waals surface area contributed by atoms with Gasteiger partial charge in [0.1, 0.15) is 5.75 Å². The van der Waals surface area contributed by atoms with E-state index in [1.807, 2.05) is 0 Å². The molecule has 0 aliphatic heterocycles. The standard InChI is InChI=1S/C12H17NO3/c1-16-11-6-4-5-10(9-11)12(15)13-7-2-3-8-14/h4-6,9,14H,2-3,7-8H2,1H3,(H,13,15). The van der Waals surface area contributed by atoms with Crippen molar-refractivity contribution in [2.24, 2.45) is 0 Å². The molecule has 1 aromatic rings. The molecule has 4 heteroatoms. The Morgan fingerprint density at radius 3 is 2.94 bits per heavy atom. The number of amides is 1. The van der Waals surface area contributed by atoms with Gasteiger partial charge in [-0.1, -0.05) is 6.07 Å². The SMILES string of the molecule is COc1cccc(C(=O)NCCCCO)c1. The molecule has 88 valence electrons. The van der Waals surface area contributed by atoms with Gasteiger partial charge in [-0.15, -0.1) is 0 Å². The van der Waals surface area contributed by atoms with Crippen molar-refractivity contribution in [3.63, 3.8) is 0 Å². The van der Waals surface area contributed by atoms with E-state index in [-0.39, 0.29) is 12.5 Å². The van der Waals surface area contributed by atoms with E-state index in [2.05, 4.69) is 5.32 Å². The summed E-state index contributed by atoms with van der Waals surface area (Å²) in [5, 5.41) is 11.4. The minimum atomic E-state index is -0.114. The third-order valence-electron chi connectivity index (χ3n) is 2.20. The van der Waals surface area contributed by atoms with Crippen LogP contribution in [0.2, 0.25) is 0 Å². The number of hydrogen-bond acceptors (Lipinski definition) is 3. The normalized spacial score (nSPS) is 9.88. The van der Waals surface area contributed by atoms with Gasteiger partial charge < -0.3 is 15.2 Å². The molecule has 0 heterocycles. The van der Waals surface area contributed by atoms with E-state index in [1.165, 1.54) is 0 Å². The van der Waals surface area contributed by atoms with Gasteiger partial charge in [0.25, 0.3) is 5.91 Å². The van der Waals surface area contributed by atoms with Crippen LogP contribution in [0.3, 0.4) is 0 Å². The lowest BCUT2D eigenvalue weighted by molar-refractivity contribution is 0.0951. The number of ether oxygens (including phenoxy) is 1. The molecule has 0 radical (unpaired) electrons. The predicted octanol–water partition coefficient (Wildman–Crippen LogP) is 1.20. The highest BCUT2D eigenvalue weighted by molar-refractivity contribution is 5.94. The average molecular weight is 223 g/mol. The van der Waals surface area contributed by atoms with E-state index in [0.717, 1.165) is 6.42 Å². The fourth-order valence-electron chi connectivity index (χ4n) is 1.31. The molecule has 0 spiro atoms. The molecular weight excluding hydrogens is 206 g/mol. The van der Waals surface area contributed by atoms with Gasteiger partial charge in [0, 0.05) is 18.7 Å². The van der Waals surface area contributed by atoms with E-state index < -0.39 is 0 Å². The van der Waals surface area contributed by atoms with Crippen molar-refractivity contribution >= 4 is 5.91 Å². The van der Waals surface area contributed by atoms with E-state index >= 15 is 0 Å². The Balaban J connectivity index is 2.46. The van der Waals surface area contributed by atoms with Gasteiger partial charge in [0.15, 0.2) is 0 Å². The second kappa shape index (κ2) is 6.85. The summed E-state index contributed by atoms with van der Waals surface area (Å²) in [6, 6.07) is 7.01. The third-order valence-corrected chi connectivity index (χ3v) is 2.20. The fraction of sp³-hybridized carbons (Fsp3) is 0.417. The molecule has 4 nitrogen and oxygen atoms in total. The molecule has 1 rings (SSSR count). The molecule has 0 aromatic heterocycles. The highest BCUT2D eigenvalue weighted by Crippen LogP contribution is 2.12. The van der Waals surface area contributed by atoms with Crippen LogP contribution < -0.4 is 10.1 Å². The lowest BCUT2D eigenvalue weighted by Gasteiger charge is -2.06. The molecule has 0 saturated carbocycles. The number of nitrogens with one attached hydrogen (secondary N) is 1. The van der Waals surface area contributed by atoms with Gasteiger partial charge in [0.2, 0.25) is 0 Å². The molecule has 0 unspecified atom stereocenters. The summed E-state index contributed by atoms with van der Waals surface area (Å²) in [5.74, 6) is 0.555. The molecule has 0 atom stereocenters. The molecular formula is C12H17NO3. The summed E-state index contributed by atoms with van der Waals surface area (Å²) in [7, 11) is 1.57. The highest BCUT2D eigenvalue weighted by atomic mass is 16.5. The predicted molar refractivity (Wildman–Crippen MR) is 61.6 cm³/mol. The van der Waals surface area contributed by atoms with Crippen LogP contribution in [0.1, 0.15) is 23.2 Å². The van der Waals surface area contributed by atoms with Crippen molar-refractivity contribution in [1.29, 1.82) is 0 Å². The van der Waals surface area contributed by atoms with Crippen LogP contribution in [0.4, 0.5) is 0 Å². The lowest BCUT2D eigenvalue weighted by Crippen LogP contribution is -2.24. The Kier molecular flexibility index (Phi) is 5.36. The molecule has 0 fully saturated rings. The van der Waals surface area contributed by atoms with Crippen molar-refractivity contribution in [2.45, 2.75) is 12.8 Å². The number of aliphatic hydroxyl groups is 1. The van der Waals surface area contributed by atoms with Crippen molar-refractivity contribution in [3.05, 3.63) is 29.8 Å². The zero-order chi connectivity index (χ0) is 11.8. The van der Waals surface area contributed by atoms with Crippen molar-refractivity contribution < 1.29 is 14.6 Å². The smallest absolute Gasteiger partial charge is 0.251 e. The summed E-state index contributed by atoms with van der Waals surface area (Å²) in [6.07, 6.45) is 1.49. The van der Waals surface area contributed by atoms with Gasteiger partial charge in [0.05, 0.1) is 7.11 Å². The first-order valence-corrected chi connectivity index (χ1v) is 5.31. The second-order valence-corrected chi connectivity index (χ2v) is 3.42. The molecule has 0 saturated heterocycles. The molecule has 1 amide bonds. The lowest BCUT2D eigenvalue weighted by atomic mass is 10.2. The van der Waals surface area contributed by atoms with Crippen molar-refractivity contribution in [3.8, 4) is 5.75 Å². The molecule has 0 aliphatic carbocycles. The van der Waals surface area contributed by atoms with Crippen LogP contribution in [0.25, 0.3) is 0 Å². The van der Waals surface area contributed by atoms with Crippen LogP contribution in [0.15, 0.2) is 24.3 Å². The minimum absolute atomic E-state index is 0.114. The number of aliphatic hydroxyl groups excluding tert-OH is 1. The topological polar surface area (TPSA) is 58.6 Å². The summed E-state index contributed by atoms with van der Waals surface area (Å²) in [6.45, 7) is 0.742. The van der Waals surface area contributed by atoms with E-state index in [4.69, 9.17) is 9.84 Å². The van der Waals surface area contributed by atoms with Crippen LogP contribution in [-0.2, 0) is 0 Å². The number of unbranched alkanes of at least 4 members (excludes halogenated alkanes) is 1. The Hall–Kier alpha value is -1.55. The Bertz CT molecular complexity index is 339. The van der Waals surface area contributed by atoms with Crippen LogP contribution in [0, 0.1) is 0 Å². The quantitative estimate of drug-likeness (QED) is 0.712. The first-order chi connectivity index (χ1) is 7.77. The van der Waals surface area contributed by atoms with Crippen molar-refractivity contribution in [1.82, 2.24) is 5.32 Å². The van der Waals surface area contributed by atoms with Gasteiger partial charge in [-0.2, -0.15) is 0 Å². The van der Waals surface area contributed by atoms with Gasteiger partial charge in [-0.05, 0) is 31.0 Å². The molecule has 2 N–H and O–H groups in total. The molecule has 1 aromatic carbocycles. The van der Waals surface area contributed by atoms with Crippen molar-refractivity contribution in [2.75, 3.05) is 20.3 Å². The Labute approximate surface area is 95.2 Å². The van der Waals surface area contributed by atoms with Gasteiger partial charge >= 0.3 is 0 Å². The Morgan fingerprint density at radius 1 is 1.44 bits per heavy atom. The first-order valence-electron chi connectivity index (χ1n) is 5.31. The van der Waals surface area contributed by atoms with Gasteiger partial charge in [-0.3, -0.25) is 4.79 Å². The number of rotatable bonds is 6.